The molecule has 5 rings (SSSR count). The minimum atomic E-state index is -0.967. The summed E-state index contributed by atoms with van der Waals surface area (Å²) in [6.07, 6.45) is 0.0686. The molecule has 0 aliphatic rings. The lowest BCUT2D eigenvalue weighted by molar-refractivity contribution is -0.148. The maximum absolute atomic E-state index is 11.3. The van der Waals surface area contributed by atoms with E-state index in [1.165, 1.54) is 12.7 Å². The van der Waals surface area contributed by atoms with Gasteiger partial charge in [0.2, 0.25) is 5.89 Å². The number of aliphatic carboxylic acids is 1. The van der Waals surface area contributed by atoms with Gasteiger partial charge in [-0.15, -0.1) is 11.3 Å². The molecule has 0 unspecified atom stereocenters. The molecule has 3 N–H and O–H groups in total. The van der Waals surface area contributed by atoms with Gasteiger partial charge in [0.05, 0.1) is 12.3 Å². The van der Waals surface area contributed by atoms with Crippen LogP contribution in [0.15, 0.2) is 88.7 Å². The topological polar surface area (TPSA) is 108 Å². The number of rotatable bonds is 10. The van der Waals surface area contributed by atoms with E-state index in [4.69, 9.17) is 19.6 Å². The average Bonchev–Trinajstić information content (AvgIpc) is 3.56. The van der Waals surface area contributed by atoms with Gasteiger partial charge in [-0.1, -0.05) is 60.7 Å². The van der Waals surface area contributed by atoms with E-state index < -0.39 is 12.1 Å². The largest absolute Gasteiger partial charge is 0.492 e. The Hall–Kier alpha value is -3.98. The highest BCUT2D eigenvalue weighted by atomic mass is 32.1. The molecule has 2 heterocycles. The number of thiophene rings is 1. The van der Waals surface area contributed by atoms with Gasteiger partial charge in [-0.3, -0.25) is 0 Å². The van der Waals surface area contributed by atoms with Crippen molar-refractivity contribution in [3.05, 3.63) is 107 Å². The van der Waals surface area contributed by atoms with Gasteiger partial charge in [-0.25, -0.2) is 9.78 Å². The molecule has 208 valence electrons. The fourth-order valence-electron chi connectivity index (χ4n) is 4.22. The van der Waals surface area contributed by atoms with Crippen molar-refractivity contribution in [3.63, 3.8) is 0 Å². The van der Waals surface area contributed by atoms with Crippen molar-refractivity contribution in [3.8, 4) is 17.2 Å². The molecular weight excluding hydrogens is 524 g/mol. The normalized spacial score (nSPS) is 12.4. The van der Waals surface area contributed by atoms with Crippen molar-refractivity contribution < 1.29 is 23.8 Å². The molecule has 7 nitrogen and oxygen atoms in total. The highest BCUT2D eigenvalue weighted by molar-refractivity contribution is 7.17. The molecule has 0 fully saturated rings. The van der Waals surface area contributed by atoms with Gasteiger partial charge in [0.1, 0.15) is 11.5 Å². The molecule has 5 aromatic rings. The Morgan fingerprint density at radius 3 is 2.38 bits per heavy atom. The third kappa shape index (κ3) is 7.35. The number of carboxylic acid groups (broad SMARTS) is 1. The lowest BCUT2D eigenvalue weighted by Crippen LogP contribution is -2.24. The molecule has 8 heteroatoms. The molecule has 0 aliphatic carbocycles. The minimum absolute atomic E-state index is 0.159. The summed E-state index contributed by atoms with van der Waals surface area (Å²) in [4.78, 5) is 15.9. The molecular formula is C32H34N2O5S. The zero-order valence-corrected chi connectivity index (χ0v) is 23.7. The van der Waals surface area contributed by atoms with Crippen LogP contribution in [0.4, 0.5) is 0 Å². The quantitative estimate of drug-likeness (QED) is 0.193. The average molecular weight is 559 g/mol. The Balaban J connectivity index is 0.000000350. The van der Waals surface area contributed by atoms with Gasteiger partial charge in [-0.05, 0) is 43.2 Å². The van der Waals surface area contributed by atoms with Crippen LogP contribution in [-0.2, 0) is 22.4 Å². The number of oxazole rings is 1. The first kappa shape index (κ1) is 29.0. The predicted molar refractivity (Wildman–Crippen MR) is 159 cm³/mol. The van der Waals surface area contributed by atoms with E-state index in [9.17, 15) is 9.90 Å². The number of ether oxygens (including phenoxy) is 2. The van der Waals surface area contributed by atoms with Crippen molar-refractivity contribution >= 4 is 27.4 Å². The second-order valence-corrected chi connectivity index (χ2v) is 10.2. The van der Waals surface area contributed by atoms with Crippen molar-refractivity contribution in [2.24, 2.45) is 5.73 Å². The molecule has 3 aromatic carbocycles. The van der Waals surface area contributed by atoms with E-state index >= 15 is 0 Å². The van der Waals surface area contributed by atoms with Gasteiger partial charge in [0.15, 0.2) is 6.10 Å². The first-order valence-corrected chi connectivity index (χ1v) is 13.9. The zero-order chi connectivity index (χ0) is 28.5. The third-order valence-corrected chi connectivity index (χ3v) is 7.50. The summed E-state index contributed by atoms with van der Waals surface area (Å²) in [6.45, 7) is 4.36. The van der Waals surface area contributed by atoms with Crippen LogP contribution in [0.2, 0.25) is 0 Å². The van der Waals surface area contributed by atoms with Crippen LogP contribution in [0.1, 0.15) is 35.5 Å². The number of benzene rings is 3. The SMILES string of the molecule is CO[C@@H](Cc1cccc2c(OCCc3nc(-c4ccccc4)oc3C)csc12)C(=O)O.C[C@@H](N)c1ccccc1. The van der Waals surface area contributed by atoms with Crippen molar-refractivity contribution in [1.82, 2.24) is 4.98 Å². The molecule has 0 saturated carbocycles. The van der Waals surface area contributed by atoms with Crippen LogP contribution < -0.4 is 10.5 Å². The minimum Gasteiger partial charge on any atom is -0.492 e. The summed E-state index contributed by atoms with van der Waals surface area (Å²) < 4.78 is 18.0. The molecule has 0 aliphatic heterocycles. The summed E-state index contributed by atoms with van der Waals surface area (Å²) in [6, 6.07) is 25.9. The Morgan fingerprint density at radius 2 is 1.75 bits per heavy atom. The molecule has 0 bridgehead atoms. The first-order valence-electron chi connectivity index (χ1n) is 13.1. The summed E-state index contributed by atoms with van der Waals surface area (Å²) in [5.41, 5.74) is 9.57. The van der Waals surface area contributed by atoms with Crippen molar-refractivity contribution in [1.29, 1.82) is 0 Å². The van der Waals surface area contributed by atoms with Gasteiger partial charge in [0, 0.05) is 47.0 Å². The van der Waals surface area contributed by atoms with E-state index in [2.05, 4.69) is 4.98 Å². The number of carbonyl (C=O) groups is 1. The monoisotopic (exact) mass is 558 g/mol. The number of nitrogens with zero attached hydrogens (tertiary/aromatic N) is 1. The number of aryl methyl sites for hydroxylation is 1. The summed E-state index contributed by atoms with van der Waals surface area (Å²) in [5.74, 6) is 1.23. The zero-order valence-electron chi connectivity index (χ0n) is 22.9. The number of hydrogen-bond acceptors (Lipinski definition) is 7. The highest BCUT2D eigenvalue weighted by Crippen LogP contribution is 2.35. The number of nitrogens with two attached hydrogens (primary N) is 1. The lowest BCUT2D eigenvalue weighted by Gasteiger charge is -2.11. The second-order valence-electron chi connectivity index (χ2n) is 9.35. The third-order valence-electron chi connectivity index (χ3n) is 6.45. The molecule has 2 atom stereocenters. The number of fused-ring (bicyclic) bond motifs is 1. The summed E-state index contributed by atoms with van der Waals surface area (Å²) in [5, 5.41) is 12.2. The van der Waals surface area contributed by atoms with Crippen LogP contribution in [-0.4, -0.2) is 35.9 Å². The highest BCUT2D eigenvalue weighted by Gasteiger charge is 2.19. The maximum Gasteiger partial charge on any atom is 0.333 e. The molecule has 0 radical (unpaired) electrons. The molecule has 40 heavy (non-hydrogen) atoms. The van der Waals surface area contributed by atoms with E-state index in [0.717, 1.165) is 38.4 Å². The molecule has 0 spiro atoms. The summed E-state index contributed by atoms with van der Waals surface area (Å²) in [7, 11) is 1.41. The van der Waals surface area contributed by atoms with Crippen LogP contribution in [0.25, 0.3) is 21.5 Å². The lowest BCUT2D eigenvalue weighted by atomic mass is 10.1. The Labute approximate surface area is 238 Å². The number of carboxylic acids is 1. The van der Waals surface area contributed by atoms with Gasteiger partial charge in [0.25, 0.3) is 0 Å². The number of methoxy groups -OCH3 is 1. The standard InChI is InChI=1S/C24H23NO5S.C8H11N/c1-15-19(25-23(30-15)16-7-4-3-5-8-16)11-12-29-21-14-31-22-17(9-6-10-18(21)22)13-20(28-2)24(26)27;1-7(9)8-5-3-2-4-6-8/h3-10,14,20H,11-13H2,1-2H3,(H,26,27);2-7H,9H2,1H3/t20-;7-/m01/s1. The van der Waals surface area contributed by atoms with E-state index in [-0.39, 0.29) is 6.04 Å². The summed E-state index contributed by atoms with van der Waals surface area (Å²) >= 11 is 1.55. The Morgan fingerprint density at radius 1 is 1.05 bits per heavy atom. The fourth-order valence-corrected chi connectivity index (χ4v) is 5.23. The molecule has 0 saturated heterocycles. The predicted octanol–water partition coefficient (Wildman–Crippen LogP) is 6.83. The van der Waals surface area contributed by atoms with Gasteiger partial charge < -0.3 is 24.7 Å². The number of aromatic nitrogens is 1. The van der Waals surface area contributed by atoms with Gasteiger partial charge in [-0.2, -0.15) is 0 Å². The van der Waals surface area contributed by atoms with E-state index in [1.54, 1.807) is 11.3 Å². The van der Waals surface area contributed by atoms with Crippen molar-refractivity contribution in [2.75, 3.05) is 13.7 Å². The van der Waals surface area contributed by atoms with Crippen LogP contribution >= 0.6 is 11.3 Å². The second kappa shape index (κ2) is 13.9. The van der Waals surface area contributed by atoms with Crippen LogP contribution in [0.3, 0.4) is 0 Å². The van der Waals surface area contributed by atoms with E-state index in [0.29, 0.717) is 25.3 Å². The van der Waals surface area contributed by atoms with Crippen LogP contribution in [0.5, 0.6) is 5.75 Å². The maximum atomic E-state index is 11.3. The Bertz CT molecular complexity index is 1510. The molecule has 2 aromatic heterocycles. The Kier molecular flexibility index (Phi) is 10.1. The van der Waals surface area contributed by atoms with E-state index in [1.807, 2.05) is 98.1 Å². The van der Waals surface area contributed by atoms with Crippen molar-refractivity contribution in [2.45, 2.75) is 38.8 Å². The molecule has 0 amide bonds. The first-order chi connectivity index (χ1) is 19.4. The number of hydrogen-bond donors (Lipinski definition) is 2. The fraction of sp³-hybridized carbons (Fsp3) is 0.250. The van der Waals surface area contributed by atoms with Crippen LogP contribution in [0, 0.1) is 6.92 Å². The smallest absolute Gasteiger partial charge is 0.333 e. The van der Waals surface area contributed by atoms with Gasteiger partial charge >= 0.3 is 5.97 Å².